The quantitative estimate of drug-likeness (QED) is 0.169. The zero-order valence-corrected chi connectivity index (χ0v) is 26.4. The van der Waals surface area contributed by atoms with Crippen LogP contribution in [0.2, 0.25) is 0 Å². The van der Waals surface area contributed by atoms with Gasteiger partial charge in [0, 0.05) is 10.8 Å². The van der Waals surface area contributed by atoms with Crippen molar-refractivity contribution < 1.29 is 22.2 Å². The highest BCUT2D eigenvalue weighted by atomic mass is 16.3. The van der Waals surface area contributed by atoms with Crippen LogP contribution in [0.1, 0.15) is 28.9 Å². The van der Waals surface area contributed by atoms with E-state index < -0.39 is 85.0 Å². The maximum absolute atomic E-state index is 9.29. The first-order valence-electron chi connectivity index (χ1n) is 22.7. The molecule has 50 heavy (non-hydrogen) atoms. The molecule has 0 bridgehead atoms. The van der Waals surface area contributed by atoms with E-state index in [2.05, 4.69) is 30.3 Å². The van der Waals surface area contributed by atoms with Crippen molar-refractivity contribution >= 4 is 54.3 Å². The van der Waals surface area contributed by atoms with Gasteiger partial charge in [0.25, 0.3) is 0 Å². The molecule has 1 heterocycles. The fourth-order valence-corrected chi connectivity index (χ4v) is 7.16. The summed E-state index contributed by atoms with van der Waals surface area (Å²) in [6.07, 6.45) is -0.492. The molecule has 0 N–H and O–H groups in total. The highest BCUT2D eigenvalue weighted by Crippen LogP contribution is 2.42. The van der Waals surface area contributed by atoms with Gasteiger partial charge in [0.15, 0.2) is 0 Å². The van der Waals surface area contributed by atoms with Gasteiger partial charge < -0.3 is 4.42 Å². The Labute approximate surface area is 308 Å². The SMILES string of the molecule is [2H]c1c([2H])c([2H])c(Cc2c3c([2H])c([2H])c([2H])c([2H])c3c(-c3cccc(-c4ccc5c(c4)oc4ccc(-c6cccc7ccccc67)cc45)c3)c3c([2H])c([2H])c([2H])c([2H])c23)c([2H])c1[2H]. The van der Waals surface area contributed by atoms with Crippen LogP contribution in [0.4, 0.5) is 0 Å². The maximum atomic E-state index is 9.29. The second-order valence-corrected chi connectivity index (χ2v) is 12.3. The smallest absolute Gasteiger partial charge is 0.136 e. The van der Waals surface area contributed by atoms with Gasteiger partial charge in [0.05, 0.1) is 17.8 Å². The van der Waals surface area contributed by atoms with Crippen LogP contribution in [0.5, 0.6) is 0 Å². The molecule has 0 atom stereocenters. The molecule has 234 valence electrons. The molecule has 0 spiro atoms. The molecule has 0 aliphatic heterocycles. The van der Waals surface area contributed by atoms with Crippen molar-refractivity contribution in [2.45, 2.75) is 6.42 Å². The van der Waals surface area contributed by atoms with Gasteiger partial charge in [-0.2, -0.15) is 0 Å². The Morgan fingerprint density at radius 2 is 1.08 bits per heavy atom. The predicted octanol–water partition coefficient (Wildman–Crippen LogP) is 13.6. The Balaban J connectivity index is 1.20. The first-order valence-corrected chi connectivity index (χ1v) is 16.2. The molecule has 10 rings (SSSR count). The number of rotatable bonds is 5. The van der Waals surface area contributed by atoms with E-state index in [9.17, 15) is 5.48 Å². The molecule has 0 amide bonds. The highest BCUT2D eigenvalue weighted by molar-refractivity contribution is 6.15. The van der Waals surface area contributed by atoms with Crippen LogP contribution < -0.4 is 0 Å². The summed E-state index contributed by atoms with van der Waals surface area (Å²) in [5, 5.41) is 3.90. The lowest BCUT2D eigenvalue weighted by Gasteiger charge is -2.18. The maximum Gasteiger partial charge on any atom is 0.136 e. The Kier molecular flexibility index (Phi) is 4.26. The van der Waals surface area contributed by atoms with E-state index in [0.717, 1.165) is 38.2 Å². The van der Waals surface area contributed by atoms with Gasteiger partial charge in [-0.05, 0) is 114 Å². The monoisotopic (exact) mass is 649 g/mol. The van der Waals surface area contributed by atoms with Crippen molar-refractivity contribution in [3.63, 3.8) is 0 Å². The predicted molar refractivity (Wildman–Crippen MR) is 212 cm³/mol. The second-order valence-electron chi connectivity index (χ2n) is 12.3. The van der Waals surface area contributed by atoms with Crippen molar-refractivity contribution in [2.24, 2.45) is 0 Å². The first kappa shape index (κ1) is 18.4. The van der Waals surface area contributed by atoms with E-state index in [4.69, 9.17) is 16.8 Å². The molecule has 9 aromatic carbocycles. The average Bonchev–Trinajstić information content (AvgIpc) is 3.67. The lowest BCUT2D eigenvalue weighted by molar-refractivity contribution is 0.669. The largest absolute Gasteiger partial charge is 0.456 e. The van der Waals surface area contributed by atoms with Crippen LogP contribution >= 0.6 is 0 Å². The fraction of sp³-hybridized carbons (Fsp3) is 0.0204. The molecule has 0 saturated carbocycles. The molecular formula is C49H32O. The Morgan fingerprint density at radius 1 is 0.420 bits per heavy atom. The molecule has 1 nitrogen and oxygen atoms in total. The average molecular weight is 650 g/mol. The van der Waals surface area contributed by atoms with Crippen LogP contribution in [0.3, 0.4) is 0 Å². The topological polar surface area (TPSA) is 13.1 Å². The summed E-state index contributed by atoms with van der Waals surface area (Å²) >= 11 is 0. The third kappa shape index (κ3) is 4.70. The number of furan rings is 1. The minimum atomic E-state index is -0.618. The van der Waals surface area contributed by atoms with E-state index in [-0.39, 0.29) is 38.2 Å². The molecule has 0 aliphatic rings. The van der Waals surface area contributed by atoms with Gasteiger partial charge in [-0.15, -0.1) is 0 Å². The van der Waals surface area contributed by atoms with Crippen molar-refractivity contribution in [1.29, 1.82) is 0 Å². The van der Waals surface area contributed by atoms with E-state index in [1.807, 2.05) is 54.6 Å². The minimum absolute atomic E-state index is 0.0172. The van der Waals surface area contributed by atoms with Gasteiger partial charge >= 0.3 is 0 Å². The van der Waals surface area contributed by atoms with Crippen LogP contribution in [0.15, 0.2) is 186 Å². The Morgan fingerprint density at radius 3 is 1.90 bits per heavy atom. The summed E-state index contributed by atoms with van der Waals surface area (Å²) in [6, 6.07) is 26.5. The number of fused-ring (bicyclic) bond motifs is 6. The van der Waals surface area contributed by atoms with Crippen molar-refractivity contribution in [1.82, 2.24) is 0 Å². The van der Waals surface area contributed by atoms with Crippen LogP contribution in [-0.4, -0.2) is 0 Å². The molecule has 10 aromatic rings. The third-order valence-corrected chi connectivity index (χ3v) is 9.44. The van der Waals surface area contributed by atoms with E-state index >= 15 is 0 Å². The lowest BCUT2D eigenvalue weighted by atomic mass is 9.86. The van der Waals surface area contributed by atoms with Crippen molar-refractivity contribution in [3.8, 4) is 33.4 Å². The molecule has 0 unspecified atom stereocenters. The molecular weight excluding hydrogens is 605 g/mol. The minimum Gasteiger partial charge on any atom is -0.456 e. The first-order chi connectivity index (χ1) is 30.2. The zero-order valence-electron chi connectivity index (χ0n) is 39.4. The molecule has 0 radical (unpaired) electrons. The summed E-state index contributed by atoms with van der Waals surface area (Å²) in [7, 11) is 0. The summed E-state index contributed by atoms with van der Waals surface area (Å²) < 4.78 is 121. The molecule has 1 aromatic heterocycles. The number of benzene rings is 9. The standard InChI is InChI=1S/C49H32O/c1-2-12-32(13-3-1)28-45-40-19-6-8-21-43(40)49(44-22-9-7-20-41(44)45)37-17-10-16-34(29-37)35-24-26-42-46-30-36(25-27-47(46)50-48(42)31-35)39-23-11-15-33-14-4-5-18-38(33)39/h1-27,29-31H,28H2/i1D,2D,3D,6D,7D,8D,9D,12D,13D,19D,20D,21D,22D. The van der Waals surface area contributed by atoms with E-state index in [1.165, 1.54) is 0 Å². The van der Waals surface area contributed by atoms with Gasteiger partial charge in [-0.3, -0.25) is 0 Å². The fourth-order valence-electron chi connectivity index (χ4n) is 7.16. The van der Waals surface area contributed by atoms with Crippen LogP contribution in [0, 0.1) is 0 Å². The van der Waals surface area contributed by atoms with Crippen LogP contribution in [0.25, 0.3) is 87.6 Å². The lowest BCUT2D eigenvalue weighted by Crippen LogP contribution is -1.95. The number of hydrogen-bond acceptors (Lipinski definition) is 1. The summed E-state index contributed by atoms with van der Waals surface area (Å²) in [5.74, 6) is 0. The molecule has 0 aliphatic carbocycles. The highest BCUT2D eigenvalue weighted by Gasteiger charge is 2.17. The van der Waals surface area contributed by atoms with E-state index in [1.54, 1.807) is 18.2 Å². The van der Waals surface area contributed by atoms with Gasteiger partial charge in [0.1, 0.15) is 11.2 Å². The second kappa shape index (κ2) is 11.6. The zero-order chi connectivity index (χ0) is 44.3. The summed E-state index contributed by atoms with van der Waals surface area (Å²) in [5.41, 5.74) is 5.28. The van der Waals surface area contributed by atoms with Gasteiger partial charge in [0.2, 0.25) is 0 Å². The van der Waals surface area contributed by atoms with Gasteiger partial charge in [-0.1, -0.05) is 151 Å². The summed E-state index contributed by atoms with van der Waals surface area (Å²) in [6.45, 7) is 0. The van der Waals surface area contributed by atoms with Crippen LogP contribution in [-0.2, 0) is 6.42 Å². The number of hydrogen-bond donors (Lipinski definition) is 0. The molecule has 0 saturated heterocycles. The molecule has 0 fully saturated rings. The molecule has 1 heteroatoms. The third-order valence-electron chi connectivity index (χ3n) is 9.44. The van der Waals surface area contributed by atoms with Gasteiger partial charge in [-0.25, -0.2) is 0 Å². The Bertz CT molecular complexity index is 3530. The Hall–Kier alpha value is -6.44. The van der Waals surface area contributed by atoms with E-state index in [0.29, 0.717) is 22.3 Å². The van der Waals surface area contributed by atoms with Crippen molar-refractivity contribution in [3.05, 3.63) is 193 Å². The van der Waals surface area contributed by atoms with Crippen molar-refractivity contribution in [2.75, 3.05) is 0 Å². The summed E-state index contributed by atoms with van der Waals surface area (Å²) in [4.78, 5) is 0. The normalized spacial score (nSPS) is 15.3.